The Labute approximate surface area is 176 Å². The van der Waals surface area contributed by atoms with Crippen LogP contribution in [0.15, 0.2) is 60.7 Å². The van der Waals surface area contributed by atoms with Crippen LogP contribution in [-0.2, 0) is 9.47 Å². The Morgan fingerprint density at radius 1 is 0.682 bits per heavy atom. The predicted molar refractivity (Wildman–Crippen MR) is 75.7 cm³/mol. The maximum atomic E-state index is 11.6. The van der Waals surface area contributed by atoms with Crippen molar-refractivity contribution >= 4 is 11.9 Å². The van der Waals surface area contributed by atoms with E-state index >= 15 is 0 Å². The molecule has 0 saturated heterocycles. The molecule has 0 saturated carbocycles. The van der Waals surface area contributed by atoms with Crippen LogP contribution >= 0.6 is 0 Å². The molecule has 0 N–H and O–H groups in total. The van der Waals surface area contributed by atoms with E-state index in [-0.39, 0.29) is 75.2 Å². The summed E-state index contributed by atoms with van der Waals surface area (Å²) in [7, 11) is 0. The molecule has 2 rings (SSSR count). The second kappa shape index (κ2) is 11.9. The van der Waals surface area contributed by atoms with Crippen molar-refractivity contribution in [2.45, 2.75) is 0 Å². The second-order valence-corrected chi connectivity index (χ2v) is 4.00. The van der Waals surface area contributed by atoms with E-state index in [4.69, 9.17) is 9.47 Å². The van der Waals surface area contributed by atoms with Gasteiger partial charge in [-0.2, -0.15) is 0 Å². The smallest absolute Gasteiger partial charge is 1.00 e. The molecule has 0 fully saturated rings. The van der Waals surface area contributed by atoms with Gasteiger partial charge in [0, 0.05) is 0 Å². The molecule has 0 bridgehead atoms. The van der Waals surface area contributed by atoms with Crippen LogP contribution in [0.4, 0.5) is 0 Å². The number of hydrogen-bond acceptors (Lipinski definition) is 4. The van der Waals surface area contributed by atoms with E-state index in [0.717, 1.165) is 0 Å². The third-order valence-corrected chi connectivity index (χ3v) is 2.57. The van der Waals surface area contributed by atoms with Gasteiger partial charge < -0.3 is 12.3 Å². The Hall–Kier alpha value is -0.620. The minimum atomic E-state index is -0.429. The van der Waals surface area contributed by atoms with Gasteiger partial charge in [0.25, 0.3) is 0 Å². The van der Waals surface area contributed by atoms with Crippen LogP contribution in [0.2, 0.25) is 0 Å². The van der Waals surface area contributed by atoms with Crippen LogP contribution in [0.25, 0.3) is 0 Å². The third kappa shape index (κ3) is 7.09. The summed E-state index contributed by atoms with van der Waals surface area (Å²) in [5.74, 6) is -0.859. The van der Waals surface area contributed by atoms with Gasteiger partial charge in [-0.3, -0.25) is 0 Å². The number of carbonyl (C=O) groups is 2. The van der Waals surface area contributed by atoms with E-state index in [1.54, 1.807) is 48.5 Å². The molecule has 0 heterocycles. The van der Waals surface area contributed by atoms with Crippen LogP contribution in [0.3, 0.4) is 0 Å². The van der Waals surface area contributed by atoms with Crippen molar-refractivity contribution in [1.82, 2.24) is 0 Å². The summed E-state index contributed by atoms with van der Waals surface area (Å²) in [6, 6.07) is 17.3. The molecule has 106 valence electrons. The van der Waals surface area contributed by atoms with Crippen molar-refractivity contribution in [3.63, 3.8) is 0 Å². The van der Waals surface area contributed by atoms with Crippen LogP contribution in [0.1, 0.15) is 23.6 Å². The van der Waals surface area contributed by atoms with Gasteiger partial charge in [0.2, 0.25) is 0 Å². The first-order valence-electron chi connectivity index (χ1n) is 6.22. The molecule has 0 aliphatic heterocycles. The summed E-state index contributed by atoms with van der Waals surface area (Å²) >= 11 is 0. The van der Waals surface area contributed by atoms with Crippen LogP contribution in [-0.4, -0.2) is 25.2 Å². The molecule has 0 amide bonds. The maximum absolute atomic E-state index is 11.6. The maximum Gasteiger partial charge on any atom is 1.00 e. The van der Waals surface area contributed by atoms with Crippen molar-refractivity contribution in [2.75, 3.05) is 13.2 Å². The first kappa shape index (κ1) is 21.4. The Morgan fingerprint density at radius 2 is 1.00 bits per heavy atom. The summed E-state index contributed by atoms with van der Waals surface area (Å²) in [6.45, 7) is 0.0681. The average Bonchev–Trinajstić information content (AvgIpc) is 2.53. The summed E-state index contributed by atoms with van der Waals surface area (Å²) in [5.41, 5.74) is 0.948. The zero-order valence-electron chi connectivity index (χ0n) is 14.8. The Kier molecular flexibility index (Phi) is 11.5. The van der Waals surface area contributed by atoms with Gasteiger partial charge in [-0.05, 0) is 24.3 Å². The van der Waals surface area contributed by atoms with E-state index in [0.29, 0.717) is 11.1 Å². The summed E-state index contributed by atoms with van der Waals surface area (Å²) in [6.07, 6.45) is 0. The Balaban J connectivity index is -0.00000110. The number of ether oxygens (including phenoxy) is 2. The van der Waals surface area contributed by atoms with Gasteiger partial charge >= 0.3 is 71.1 Å². The van der Waals surface area contributed by atoms with Crippen molar-refractivity contribution in [1.29, 1.82) is 0 Å². The average molecular weight is 318 g/mol. The minimum absolute atomic E-state index is 0. The predicted octanol–water partition coefficient (Wildman–Crippen LogP) is -3.07. The fourth-order valence-electron chi connectivity index (χ4n) is 1.58. The van der Waals surface area contributed by atoms with Gasteiger partial charge in [0.05, 0.1) is 11.1 Å². The Morgan fingerprint density at radius 3 is 1.32 bits per heavy atom. The van der Waals surface area contributed by atoms with Crippen LogP contribution < -0.4 is 59.1 Å². The molecule has 22 heavy (non-hydrogen) atoms. The van der Waals surface area contributed by atoms with Crippen molar-refractivity contribution in [3.05, 3.63) is 71.8 Å². The SMILES string of the molecule is O=C(OCCOC(=O)c1ccccc1)c1ccccc1.[H-].[H-].[Na+].[Na+]. The number of esters is 2. The molecule has 4 nitrogen and oxygen atoms in total. The summed E-state index contributed by atoms with van der Waals surface area (Å²) < 4.78 is 10.00. The van der Waals surface area contributed by atoms with E-state index in [1.165, 1.54) is 0 Å². The standard InChI is InChI=1S/C16H14O4.2Na.2H/c17-15(13-7-3-1-4-8-13)19-11-12-20-16(18)14-9-5-2-6-10-14;;;;/h1-10H,11-12H2;;;;/q;2*+1;2*-1. The Bertz CT molecular complexity index is 530. The number of rotatable bonds is 5. The molecule has 0 atom stereocenters. The summed E-state index contributed by atoms with van der Waals surface area (Å²) in [5, 5.41) is 0. The molecule has 0 spiro atoms. The number of benzene rings is 2. The molecule has 2 aromatic rings. The summed E-state index contributed by atoms with van der Waals surface area (Å²) in [4.78, 5) is 23.2. The first-order valence-corrected chi connectivity index (χ1v) is 6.22. The normalized spacial score (nSPS) is 8.91. The van der Waals surface area contributed by atoms with Gasteiger partial charge in [-0.25, -0.2) is 9.59 Å². The molecule has 0 aliphatic carbocycles. The van der Waals surface area contributed by atoms with Crippen molar-refractivity contribution in [2.24, 2.45) is 0 Å². The topological polar surface area (TPSA) is 52.6 Å². The van der Waals surface area contributed by atoms with E-state index in [2.05, 4.69) is 0 Å². The molecule has 0 unspecified atom stereocenters. The van der Waals surface area contributed by atoms with Crippen molar-refractivity contribution < 1.29 is 81.0 Å². The van der Waals surface area contributed by atoms with Crippen LogP contribution in [0, 0.1) is 0 Å². The molecule has 2 aromatic carbocycles. The van der Waals surface area contributed by atoms with Gasteiger partial charge in [0.1, 0.15) is 13.2 Å². The second-order valence-electron chi connectivity index (χ2n) is 4.00. The van der Waals surface area contributed by atoms with Crippen molar-refractivity contribution in [3.8, 4) is 0 Å². The van der Waals surface area contributed by atoms with Crippen LogP contribution in [0.5, 0.6) is 0 Å². The zero-order valence-corrected chi connectivity index (χ0v) is 16.8. The van der Waals surface area contributed by atoms with E-state index in [1.807, 2.05) is 12.1 Å². The number of hydrogen-bond donors (Lipinski definition) is 0. The van der Waals surface area contributed by atoms with E-state index < -0.39 is 11.9 Å². The molecule has 0 aliphatic rings. The monoisotopic (exact) mass is 318 g/mol. The third-order valence-electron chi connectivity index (χ3n) is 2.57. The van der Waals surface area contributed by atoms with Gasteiger partial charge in [-0.1, -0.05) is 36.4 Å². The first-order chi connectivity index (χ1) is 9.77. The fraction of sp³-hybridized carbons (Fsp3) is 0.125. The largest absolute Gasteiger partial charge is 1.00 e. The van der Waals surface area contributed by atoms with Gasteiger partial charge in [-0.15, -0.1) is 0 Å². The minimum Gasteiger partial charge on any atom is -1.00 e. The molecule has 0 aromatic heterocycles. The molecule has 0 radical (unpaired) electrons. The molecule has 6 heteroatoms. The molecular formula is C16H16Na2O4. The molecular weight excluding hydrogens is 302 g/mol. The van der Waals surface area contributed by atoms with Gasteiger partial charge in [0.15, 0.2) is 0 Å². The fourth-order valence-corrected chi connectivity index (χ4v) is 1.58. The number of carbonyl (C=O) groups excluding carboxylic acids is 2. The quantitative estimate of drug-likeness (QED) is 0.334. The van der Waals surface area contributed by atoms with E-state index in [9.17, 15) is 9.59 Å². The zero-order chi connectivity index (χ0) is 14.2.